The molecule has 0 aromatic carbocycles. The van der Waals surface area contributed by atoms with E-state index < -0.39 is 0 Å². The Balaban J connectivity index is 3.17. The van der Waals surface area contributed by atoms with E-state index in [1.165, 1.54) is 0 Å². The zero-order valence-electron chi connectivity index (χ0n) is 6.23. The zero-order chi connectivity index (χ0) is 6.57. The number of hydrazine groups is 1. The highest BCUT2D eigenvalue weighted by molar-refractivity contribution is 4.48. The van der Waals surface area contributed by atoms with Crippen molar-refractivity contribution in [1.82, 2.24) is 10.4 Å². The molecule has 1 N–H and O–H groups in total. The standard InChI is InChI=1S/C6H16N2/c1-5-7-8(4)6(2)3/h6-7H,5H2,1-4H3. The molecule has 0 saturated carbocycles. The Morgan fingerprint density at radius 1 is 1.50 bits per heavy atom. The number of hydrogen-bond acceptors (Lipinski definition) is 2. The second-order valence-corrected chi connectivity index (χ2v) is 2.22. The summed E-state index contributed by atoms with van der Waals surface area (Å²) in [5.74, 6) is 0. The summed E-state index contributed by atoms with van der Waals surface area (Å²) in [5.41, 5.74) is 3.18. The number of nitrogens with zero attached hydrogens (tertiary/aromatic N) is 1. The lowest BCUT2D eigenvalue weighted by atomic mass is 10.4. The van der Waals surface area contributed by atoms with Crippen LogP contribution >= 0.6 is 0 Å². The van der Waals surface area contributed by atoms with Crippen LogP contribution in [-0.4, -0.2) is 24.6 Å². The van der Waals surface area contributed by atoms with Gasteiger partial charge in [-0.15, -0.1) is 0 Å². The van der Waals surface area contributed by atoms with Gasteiger partial charge in [0.05, 0.1) is 0 Å². The third kappa shape index (κ3) is 2.99. The number of rotatable bonds is 3. The maximum atomic E-state index is 3.18. The molecule has 0 aromatic heterocycles. The summed E-state index contributed by atoms with van der Waals surface area (Å²) in [7, 11) is 2.05. The largest absolute Gasteiger partial charge is 0.255 e. The van der Waals surface area contributed by atoms with E-state index in [0.717, 1.165) is 6.54 Å². The normalized spacial score (nSPS) is 11.2. The van der Waals surface area contributed by atoms with Crippen molar-refractivity contribution in [3.05, 3.63) is 0 Å². The van der Waals surface area contributed by atoms with E-state index in [9.17, 15) is 0 Å². The first-order chi connectivity index (χ1) is 3.68. The van der Waals surface area contributed by atoms with Crippen molar-refractivity contribution in [1.29, 1.82) is 0 Å². The highest BCUT2D eigenvalue weighted by atomic mass is 15.5. The third-order valence-corrected chi connectivity index (χ3v) is 1.18. The molecule has 8 heavy (non-hydrogen) atoms. The molecular formula is C6H16N2. The van der Waals surface area contributed by atoms with Crippen LogP contribution in [0, 0.1) is 0 Å². The number of nitrogens with one attached hydrogen (secondary N) is 1. The molecule has 0 saturated heterocycles. The molecule has 0 unspecified atom stereocenters. The van der Waals surface area contributed by atoms with E-state index in [1.54, 1.807) is 0 Å². The maximum Gasteiger partial charge on any atom is 0.0183 e. The third-order valence-electron chi connectivity index (χ3n) is 1.18. The van der Waals surface area contributed by atoms with Crippen LogP contribution in [-0.2, 0) is 0 Å². The van der Waals surface area contributed by atoms with Crippen molar-refractivity contribution in [3.63, 3.8) is 0 Å². The Morgan fingerprint density at radius 2 is 2.00 bits per heavy atom. The van der Waals surface area contributed by atoms with Gasteiger partial charge < -0.3 is 0 Å². The average Bonchev–Trinajstić information content (AvgIpc) is 1.67. The van der Waals surface area contributed by atoms with E-state index in [-0.39, 0.29) is 0 Å². The monoisotopic (exact) mass is 116 g/mol. The van der Waals surface area contributed by atoms with Gasteiger partial charge in [-0.05, 0) is 13.8 Å². The van der Waals surface area contributed by atoms with Crippen LogP contribution in [0.5, 0.6) is 0 Å². The summed E-state index contributed by atoms with van der Waals surface area (Å²) in [6.07, 6.45) is 0. The highest BCUT2D eigenvalue weighted by Gasteiger charge is 1.97. The Kier molecular flexibility index (Phi) is 3.83. The number of hydrogen-bond donors (Lipinski definition) is 1. The summed E-state index contributed by atoms with van der Waals surface area (Å²) in [6, 6.07) is 0.593. The lowest BCUT2D eigenvalue weighted by Gasteiger charge is -2.20. The SMILES string of the molecule is CCNN(C)C(C)C. The molecule has 0 aromatic rings. The first-order valence-corrected chi connectivity index (χ1v) is 3.14. The van der Waals surface area contributed by atoms with Crippen LogP contribution in [0.25, 0.3) is 0 Å². The Bertz CT molecular complexity index is 52.5. The van der Waals surface area contributed by atoms with Gasteiger partial charge in [0.2, 0.25) is 0 Å². The first-order valence-electron chi connectivity index (χ1n) is 3.14. The van der Waals surface area contributed by atoms with Crippen molar-refractivity contribution >= 4 is 0 Å². The Morgan fingerprint density at radius 3 is 2.12 bits per heavy atom. The van der Waals surface area contributed by atoms with E-state index in [0.29, 0.717) is 6.04 Å². The van der Waals surface area contributed by atoms with Crippen molar-refractivity contribution in [3.8, 4) is 0 Å². The van der Waals surface area contributed by atoms with Gasteiger partial charge in [-0.3, -0.25) is 5.43 Å². The lowest BCUT2D eigenvalue weighted by Crippen LogP contribution is -2.39. The van der Waals surface area contributed by atoms with Gasteiger partial charge in [0.1, 0.15) is 0 Å². The molecule has 50 valence electrons. The van der Waals surface area contributed by atoms with Crippen LogP contribution in [0.2, 0.25) is 0 Å². The molecule has 0 rings (SSSR count). The molecule has 0 fully saturated rings. The summed E-state index contributed by atoms with van der Waals surface area (Å²) in [4.78, 5) is 0. The lowest BCUT2D eigenvalue weighted by molar-refractivity contribution is 0.192. The fourth-order valence-electron chi connectivity index (χ4n) is 0.432. The van der Waals surface area contributed by atoms with Gasteiger partial charge >= 0.3 is 0 Å². The van der Waals surface area contributed by atoms with Crippen LogP contribution in [0.3, 0.4) is 0 Å². The summed E-state index contributed by atoms with van der Waals surface area (Å²) < 4.78 is 0. The van der Waals surface area contributed by atoms with Crippen LogP contribution < -0.4 is 5.43 Å². The van der Waals surface area contributed by atoms with Crippen LogP contribution in [0.1, 0.15) is 20.8 Å². The van der Waals surface area contributed by atoms with Crippen molar-refractivity contribution in [2.24, 2.45) is 0 Å². The second kappa shape index (κ2) is 3.87. The minimum absolute atomic E-state index is 0.593. The van der Waals surface area contributed by atoms with E-state index >= 15 is 0 Å². The van der Waals surface area contributed by atoms with Gasteiger partial charge in [0.25, 0.3) is 0 Å². The molecule has 0 atom stereocenters. The summed E-state index contributed by atoms with van der Waals surface area (Å²) in [5, 5.41) is 2.10. The second-order valence-electron chi connectivity index (χ2n) is 2.22. The predicted molar refractivity (Wildman–Crippen MR) is 36.6 cm³/mol. The summed E-state index contributed by atoms with van der Waals surface area (Å²) in [6.45, 7) is 7.42. The first kappa shape index (κ1) is 7.92. The van der Waals surface area contributed by atoms with Gasteiger partial charge in [-0.2, -0.15) is 0 Å². The fourth-order valence-corrected chi connectivity index (χ4v) is 0.432. The minimum Gasteiger partial charge on any atom is -0.255 e. The zero-order valence-corrected chi connectivity index (χ0v) is 6.23. The quantitative estimate of drug-likeness (QED) is 0.550. The van der Waals surface area contributed by atoms with Crippen molar-refractivity contribution in [2.45, 2.75) is 26.8 Å². The van der Waals surface area contributed by atoms with Gasteiger partial charge in [0, 0.05) is 19.6 Å². The minimum atomic E-state index is 0.593. The van der Waals surface area contributed by atoms with E-state index in [1.807, 2.05) is 7.05 Å². The molecule has 0 aliphatic rings. The van der Waals surface area contributed by atoms with Gasteiger partial charge in [-0.1, -0.05) is 6.92 Å². The van der Waals surface area contributed by atoms with Crippen molar-refractivity contribution < 1.29 is 0 Å². The van der Waals surface area contributed by atoms with E-state index in [2.05, 4.69) is 31.2 Å². The molecule has 0 heterocycles. The Hall–Kier alpha value is -0.0800. The Labute approximate surface area is 51.8 Å². The molecule has 0 aliphatic heterocycles. The molecular weight excluding hydrogens is 100 g/mol. The van der Waals surface area contributed by atoms with Gasteiger partial charge in [0.15, 0.2) is 0 Å². The molecule has 0 bridgehead atoms. The molecule has 0 aliphatic carbocycles. The summed E-state index contributed by atoms with van der Waals surface area (Å²) >= 11 is 0. The molecule has 0 radical (unpaired) electrons. The maximum absolute atomic E-state index is 3.18. The smallest absolute Gasteiger partial charge is 0.0183 e. The van der Waals surface area contributed by atoms with Crippen LogP contribution in [0.4, 0.5) is 0 Å². The highest BCUT2D eigenvalue weighted by Crippen LogP contribution is 1.85. The fraction of sp³-hybridized carbons (Fsp3) is 1.00. The molecule has 2 nitrogen and oxygen atoms in total. The molecule has 0 amide bonds. The van der Waals surface area contributed by atoms with E-state index in [4.69, 9.17) is 0 Å². The predicted octanol–water partition coefficient (Wildman–Crippen LogP) is 0.851. The van der Waals surface area contributed by atoms with Gasteiger partial charge in [-0.25, -0.2) is 5.01 Å². The van der Waals surface area contributed by atoms with Crippen LogP contribution in [0.15, 0.2) is 0 Å². The molecule has 0 spiro atoms. The molecule has 2 heteroatoms. The topological polar surface area (TPSA) is 15.3 Å². The average molecular weight is 116 g/mol. The van der Waals surface area contributed by atoms with Crippen molar-refractivity contribution in [2.75, 3.05) is 13.6 Å².